The number of aromatic nitrogens is 1. The summed E-state index contributed by atoms with van der Waals surface area (Å²) in [6, 6.07) is 20.8. The van der Waals surface area contributed by atoms with Crippen molar-refractivity contribution in [2.24, 2.45) is 0 Å². The first kappa shape index (κ1) is 16.5. The van der Waals surface area contributed by atoms with Crippen LogP contribution in [-0.4, -0.2) is 11.0 Å². The first-order valence-corrected chi connectivity index (χ1v) is 9.18. The van der Waals surface area contributed by atoms with Crippen molar-refractivity contribution in [1.29, 1.82) is 0 Å². The van der Waals surface area contributed by atoms with Crippen molar-refractivity contribution >= 4 is 27.5 Å². The van der Waals surface area contributed by atoms with Gasteiger partial charge in [0.2, 0.25) is 0 Å². The van der Waals surface area contributed by atoms with Crippen LogP contribution in [0.1, 0.15) is 21.5 Å². The van der Waals surface area contributed by atoms with Crippen LogP contribution >= 0.6 is 11.3 Å². The Kier molecular flexibility index (Phi) is 4.27. The van der Waals surface area contributed by atoms with E-state index in [0.717, 1.165) is 20.8 Å². The van der Waals surface area contributed by atoms with Crippen molar-refractivity contribution in [2.75, 3.05) is 0 Å². The normalized spacial score (nSPS) is 10.8. The fourth-order valence-corrected chi connectivity index (χ4v) is 3.88. The average molecular weight is 359 g/mol. The molecule has 4 heteroatoms. The molecule has 0 aliphatic carbocycles. The maximum absolute atomic E-state index is 12.7. The summed E-state index contributed by atoms with van der Waals surface area (Å²) >= 11 is 1.59. The van der Waals surface area contributed by atoms with Gasteiger partial charge in [0.1, 0.15) is 10.8 Å². The Balaban J connectivity index is 1.75. The zero-order chi connectivity index (χ0) is 18.1. The van der Waals surface area contributed by atoms with Crippen LogP contribution in [0.2, 0.25) is 0 Å². The van der Waals surface area contributed by atoms with Gasteiger partial charge in [-0.1, -0.05) is 36.4 Å². The summed E-state index contributed by atoms with van der Waals surface area (Å²) < 4.78 is 6.63. The Bertz CT molecular complexity index is 1060. The lowest BCUT2D eigenvalue weighted by molar-refractivity contribution is 0.0735. The fourth-order valence-electron chi connectivity index (χ4n) is 2.79. The van der Waals surface area contributed by atoms with Gasteiger partial charge in [-0.15, -0.1) is 11.3 Å². The van der Waals surface area contributed by atoms with Crippen LogP contribution in [0.15, 0.2) is 66.7 Å². The number of rotatable bonds is 3. The van der Waals surface area contributed by atoms with Gasteiger partial charge in [0.25, 0.3) is 0 Å². The third-order valence-corrected chi connectivity index (χ3v) is 5.39. The maximum atomic E-state index is 12.7. The highest BCUT2D eigenvalue weighted by molar-refractivity contribution is 7.21. The summed E-state index contributed by atoms with van der Waals surface area (Å²) in [5.41, 5.74) is 4.73. The molecule has 1 aromatic heterocycles. The predicted molar refractivity (Wildman–Crippen MR) is 106 cm³/mol. The second-order valence-corrected chi connectivity index (χ2v) is 7.20. The molecule has 0 unspecified atom stereocenters. The first-order valence-electron chi connectivity index (χ1n) is 8.36. The molecule has 3 nitrogen and oxygen atoms in total. The van der Waals surface area contributed by atoms with Gasteiger partial charge in [-0.2, -0.15) is 0 Å². The van der Waals surface area contributed by atoms with Crippen molar-refractivity contribution in [3.63, 3.8) is 0 Å². The average Bonchev–Trinajstić information content (AvgIpc) is 3.05. The molecule has 0 saturated heterocycles. The van der Waals surface area contributed by atoms with Gasteiger partial charge in [0, 0.05) is 5.56 Å². The standard InChI is InChI=1S/C22H17NO2S/c1-14-12-19-20(13-15(14)2)26-21(23-19)17-10-6-7-11-18(17)22(24)25-16-8-4-3-5-9-16/h3-13H,1-2H3. The second kappa shape index (κ2) is 6.73. The highest BCUT2D eigenvalue weighted by Gasteiger charge is 2.17. The van der Waals surface area contributed by atoms with Crippen LogP contribution in [0, 0.1) is 13.8 Å². The van der Waals surface area contributed by atoms with E-state index in [2.05, 4.69) is 26.0 Å². The molecule has 0 spiro atoms. The number of nitrogens with zero attached hydrogens (tertiary/aromatic N) is 1. The van der Waals surface area contributed by atoms with E-state index in [-0.39, 0.29) is 5.97 Å². The fraction of sp³-hybridized carbons (Fsp3) is 0.0909. The van der Waals surface area contributed by atoms with E-state index in [1.807, 2.05) is 36.4 Å². The predicted octanol–water partition coefficient (Wildman–Crippen LogP) is 5.80. The SMILES string of the molecule is Cc1cc2nc(-c3ccccc3C(=O)Oc3ccccc3)sc2cc1C. The third kappa shape index (κ3) is 3.11. The van der Waals surface area contributed by atoms with Crippen molar-refractivity contribution in [3.05, 3.63) is 83.4 Å². The lowest BCUT2D eigenvalue weighted by Gasteiger charge is -2.07. The maximum Gasteiger partial charge on any atom is 0.344 e. The largest absolute Gasteiger partial charge is 0.423 e. The molecule has 0 N–H and O–H groups in total. The van der Waals surface area contributed by atoms with E-state index >= 15 is 0 Å². The number of fused-ring (bicyclic) bond motifs is 1. The van der Waals surface area contributed by atoms with E-state index in [1.165, 1.54) is 11.1 Å². The second-order valence-electron chi connectivity index (χ2n) is 6.17. The molecular weight excluding hydrogens is 342 g/mol. The Morgan fingerprint density at radius 2 is 1.62 bits per heavy atom. The van der Waals surface area contributed by atoms with Gasteiger partial charge in [-0.3, -0.25) is 0 Å². The van der Waals surface area contributed by atoms with Gasteiger partial charge in [0.15, 0.2) is 0 Å². The van der Waals surface area contributed by atoms with Crippen LogP contribution in [-0.2, 0) is 0 Å². The Morgan fingerprint density at radius 1 is 0.923 bits per heavy atom. The zero-order valence-corrected chi connectivity index (χ0v) is 15.3. The number of hydrogen-bond donors (Lipinski definition) is 0. The summed E-state index contributed by atoms with van der Waals surface area (Å²) in [7, 11) is 0. The van der Waals surface area contributed by atoms with E-state index in [1.54, 1.807) is 29.5 Å². The number of carbonyl (C=O) groups excluding carboxylic acids is 1. The minimum Gasteiger partial charge on any atom is -0.423 e. The van der Waals surface area contributed by atoms with E-state index in [4.69, 9.17) is 9.72 Å². The molecule has 0 radical (unpaired) electrons. The number of benzene rings is 3. The van der Waals surface area contributed by atoms with Crippen molar-refractivity contribution in [1.82, 2.24) is 4.98 Å². The summed E-state index contributed by atoms with van der Waals surface area (Å²) in [6.45, 7) is 4.18. The summed E-state index contributed by atoms with van der Waals surface area (Å²) in [5, 5.41) is 0.825. The van der Waals surface area contributed by atoms with Crippen molar-refractivity contribution in [3.8, 4) is 16.3 Å². The molecule has 4 rings (SSSR count). The molecule has 1 heterocycles. The van der Waals surface area contributed by atoms with Crippen molar-refractivity contribution < 1.29 is 9.53 Å². The molecule has 0 fully saturated rings. The van der Waals surface area contributed by atoms with Gasteiger partial charge >= 0.3 is 5.97 Å². The lowest BCUT2D eigenvalue weighted by atomic mass is 10.1. The number of aryl methyl sites for hydroxylation is 2. The molecule has 3 aromatic carbocycles. The number of carbonyl (C=O) groups is 1. The molecule has 26 heavy (non-hydrogen) atoms. The quantitative estimate of drug-likeness (QED) is 0.343. The van der Waals surface area contributed by atoms with Gasteiger partial charge < -0.3 is 4.74 Å². The first-order chi connectivity index (χ1) is 12.6. The Morgan fingerprint density at radius 3 is 2.42 bits per heavy atom. The van der Waals surface area contributed by atoms with Crippen LogP contribution < -0.4 is 4.74 Å². The molecule has 0 aliphatic heterocycles. The summed E-state index contributed by atoms with van der Waals surface area (Å²) in [4.78, 5) is 17.4. The van der Waals surface area contributed by atoms with Crippen LogP contribution in [0.5, 0.6) is 5.75 Å². The number of ether oxygens (including phenoxy) is 1. The molecule has 0 amide bonds. The minimum absolute atomic E-state index is 0.376. The zero-order valence-electron chi connectivity index (χ0n) is 14.5. The Labute approximate surface area is 155 Å². The topological polar surface area (TPSA) is 39.2 Å². The highest BCUT2D eigenvalue weighted by atomic mass is 32.1. The van der Waals surface area contributed by atoms with E-state index in [0.29, 0.717) is 11.3 Å². The van der Waals surface area contributed by atoms with Gasteiger partial charge in [-0.05, 0) is 55.3 Å². The van der Waals surface area contributed by atoms with E-state index in [9.17, 15) is 4.79 Å². The van der Waals surface area contributed by atoms with Crippen LogP contribution in [0.4, 0.5) is 0 Å². The van der Waals surface area contributed by atoms with E-state index < -0.39 is 0 Å². The molecule has 0 saturated carbocycles. The number of hydrogen-bond acceptors (Lipinski definition) is 4. The number of esters is 1. The van der Waals surface area contributed by atoms with Gasteiger partial charge in [0.05, 0.1) is 15.8 Å². The highest BCUT2D eigenvalue weighted by Crippen LogP contribution is 2.33. The summed E-state index contributed by atoms with van der Waals surface area (Å²) in [6.07, 6.45) is 0. The molecule has 128 valence electrons. The number of thiazole rings is 1. The third-order valence-electron chi connectivity index (χ3n) is 4.34. The summed E-state index contributed by atoms with van der Waals surface area (Å²) in [5.74, 6) is 0.154. The molecule has 0 bridgehead atoms. The lowest BCUT2D eigenvalue weighted by Crippen LogP contribution is -2.09. The molecule has 4 aromatic rings. The smallest absolute Gasteiger partial charge is 0.344 e. The van der Waals surface area contributed by atoms with Crippen molar-refractivity contribution in [2.45, 2.75) is 13.8 Å². The van der Waals surface area contributed by atoms with Crippen LogP contribution in [0.25, 0.3) is 20.8 Å². The monoisotopic (exact) mass is 359 g/mol. The number of para-hydroxylation sites is 1. The molecular formula is C22H17NO2S. The van der Waals surface area contributed by atoms with Crippen LogP contribution in [0.3, 0.4) is 0 Å². The molecule has 0 aliphatic rings. The van der Waals surface area contributed by atoms with Gasteiger partial charge in [-0.25, -0.2) is 9.78 Å². The molecule has 0 atom stereocenters. The minimum atomic E-state index is -0.376. The Hall–Kier alpha value is -2.98.